The van der Waals surface area contributed by atoms with Crippen LogP contribution in [-0.2, 0) is 30.1 Å². The zero-order valence-electron chi connectivity index (χ0n) is 20.6. The molecule has 0 saturated carbocycles. The van der Waals surface area contributed by atoms with Gasteiger partial charge < -0.3 is 10.1 Å². The zero-order chi connectivity index (χ0) is 28.3. The van der Waals surface area contributed by atoms with Gasteiger partial charge in [0.05, 0.1) is 28.1 Å². The Morgan fingerprint density at radius 2 is 1.35 bits per heavy atom. The number of esters is 1. The van der Waals surface area contributed by atoms with Crippen LogP contribution in [0.25, 0.3) is 0 Å². The van der Waals surface area contributed by atoms with Gasteiger partial charge in [-0.2, -0.15) is 13.2 Å². The van der Waals surface area contributed by atoms with Crippen molar-refractivity contribution < 1.29 is 37.1 Å². The molecule has 2 atom stereocenters. The van der Waals surface area contributed by atoms with Crippen LogP contribution in [0.15, 0.2) is 66.7 Å². The molecule has 0 unspecified atom stereocenters. The van der Waals surface area contributed by atoms with Crippen LogP contribution in [0, 0.1) is 11.8 Å². The molecule has 0 spiro atoms. The molecule has 7 nitrogen and oxygen atoms in total. The van der Waals surface area contributed by atoms with Crippen LogP contribution in [0.1, 0.15) is 39.7 Å². The molecule has 1 heterocycles. The first-order valence-electron chi connectivity index (χ1n) is 12.4. The van der Waals surface area contributed by atoms with Crippen molar-refractivity contribution in [2.24, 2.45) is 11.8 Å². The van der Waals surface area contributed by atoms with Gasteiger partial charge in [-0.1, -0.05) is 60.1 Å². The zero-order valence-corrected chi connectivity index (χ0v) is 21.3. The van der Waals surface area contributed by atoms with E-state index in [0.29, 0.717) is 6.07 Å². The summed E-state index contributed by atoms with van der Waals surface area (Å²) < 4.78 is 43.9. The standard InChI is InChI=1S/C29H20ClF3N2O5/c30-19-10-9-14(29(31,32)33)11-20(19)34-21(36)13-40-22(37)12-35-27(38)25-23-15-5-1-2-6-16(15)24(26(25)28(35)39)18-8-4-3-7-17(18)23/h1-11,23-26H,12-13H2,(H,34,36)/t23?,24?,25-,26+. The maximum absolute atomic E-state index is 13.5. The predicted molar refractivity (Wildman–Crippen MR) is 136 cm³/mol. The Hall–Kier alpha value is -4.18. The number of nitrogens with zero attached hydrogens (tertiary/aromatic N) is 1. The number of likely N-dealkylation sites (tertiary alicyclic amines) is 1. The lowest BCUT2D eigenvalue weighted by molar-refractivity contribution is -0.154. The number of alkyl halides is 3. The third-order valence-corrected chi connectivity index (χ3v) is 8.09. The van der Waals surface area contributed by atoms with E-state index in [2.05, 4.69) is 5.32 Å². The number of hydrogen-bond acceptors (Lipinski definition) is 5. The lowest BCUT2D eigenvalue weighted by atomic mass is 9.55. The quantitative estimate of drug-likeness (QED) is 0.355. The molecule has 3 amide bonds. The van der Waals surface area contributed by atoms with Gasteiger partial charge in [0.1, 0.15) is 6.54 Å². The van der Waals surface area contributed by atoms with E-state index in [-0.39, 0.29) is 22.5 Å². The maximum Gasteiger partial charge on any atom is 0.416 e. The predicted octanol–water partition coefficient (Wildman–Crippen LogP) is 4.73. The Kier molecular flexibility index (Phi) is 6.18. The Morgan fingerprint density at radius 1 is 0.850 bits per heavy atom. The molecule has 204 valence electrons. The SMILES string of the molecule is O=C(COC(=O)CN1C(=O)[C@@H]2C3c4ccccc4C(c4ccccc43)[C@@H]2C1=O)Nc1cc(C(F)(F)F)ccc1Cl. The Balaban J connectivity index is 1.15. The molecule has 2 bridgehead atoms. The number of amides is 3. The number of rotatable bonds is 5. The van der Waals surface area contributed by atoms with Crippen molar-refractivity contribution in [3.05, 3.63) is 99.6 Å². The van der Waals surface area contributed by atoms with Gasteiger partial charge in [0.25, 0.3) is 5.91 Å². The number of benzene rings is 3. The van der Waals surface area contributed by atoms with Crippen LogP contribution < -0.4 is 5.32 Å². The lowest BCUT2D eigenvalue weighted by Crippen LogP contribution is -2.41. The number of nitrogens with one attached hydrogen (secondary N) is 1. The molecule has 11 heteroatoms. The third kappa shape index (κ3) is 4.14. The fourth-order valence-electron chi connectivity index (χ4n) is 6.20. The van der Waals surface area contributed by atoms with Gasteiger partial charge in [0, 0.05) is 11.8 Å². The van der Waals surface area contributed by atoms with Crippen LogP contribution in [0.2, 0.25) is 5.02 Å². The first-order valence-corrected chi connectivity index (χ1v) is 12.8. The summed E-state index contributed by atoms with van der Waals surface area (Å²) in [5.41, 5.74) is 2.63. The summed E-state index contributed by atoms with van der Waals surface area (Å²) in [6.45, 7) is -1.54. The number of carbonyl (C=O) groups is 4. The lowest BCUT2D eigenvalue weighted by Gasteiger charge is -2.45. The average Bonchev–Trinajstić information content (AvgIpc) is 3.18. The normalized spacial score (nSPS) is 22.4. The summed E-state index contributed by atoms with van der Waals surface area (Å²) in [5, 5.41) is 2.04. The van der Waals surface area contributed by atoms with Crippen molar-refractivity contribution in [2.75, 3.05) is 18.5 Å². The number of ether oxygens (including phenoxy) is 1. The summed E-state index contributed by atoms with van der Waals surface area (Å²) in [5.74, 6) is -4.90. The van der Waals surface area contributed by atoms with Crippen LogP contribution in [-0.4, -0.2) is 41.7 Å². The molecule has 1 saturated heterocycles. The summed E-state index contributed by atoms with van der Waals surface area (Å²) in [6, 6.07) is 17.8. The molecule has 0 radical (unpaired) electrons. The summed E-state index contributed by atoms with van der Waals surface area (Å²) in [7, 11) is 0. The van der Waals surface area contributed by atoms with E-state index in [0.717, 1.165) is 39.3 Å². The van der Waals surface area contributed by atoms with Gasteiger partial charge in [-0.05, 0) is 40.5 Å². The van der Waals surface area contributed by atoms with E-state index in [1.54, 1.807) is 0 Å². The highest BCUT2D eigenvalue weighted by atomic mass is 35.5. The molecule has 0 aromatic heterocycles. The monoisotopic (exact) mass is 568 g/mol. The van der Waals surface area contributed by atoms with Crippen molar-refractivity contribution in [3.63, 3.8) is 0 Å². The highest BCUT2D eigenvalue weighted by molar-refractivity contribution is 6.33. The van der Waals surface area contributed by atoms with Gasteiger partial charge in [0.15, 0.2) is 6.61 Å². The number of hydrogen-bond donors (Lipinski definition) is 1. The van der Waals surface area contributed by atoms with E-state index in [1.165, 1.54) is 0 Å². The van der Waals surface area contributed by atoms with E-state index in [1.807, 2.05) is 48.5 Å². The highest BCUT2D eigenvalue weighted by Crippen LogP contribution is 2.60. The van der Waals surface area contributed by atoms with E-state index in [9.17, 15) is 32.3 Å². The smallest absolute Gasteiger partial charge is 0.416 e. The summed E-state index contributed by atoms with van der Waals surface area (Å²) in [4.78, 5) is 52.8. The molecular weight excluding hydrogens is 549 g/mol. The first kappa shape index (κ1) is 26.1. The van der Waals surface area contributed by atoms with Crippen molar-refractivity contribution in [3.8, 4) is 0 Å². The molecule has 3 aliphatic carbocycles. The van der Waals surface area contributed by atoms with Crippen molar-refractivity contribution >= 4 is 41.0 Å². The minimum absolute atomic E-state index is 0.139. The van der Waals surface area contributed by atoms with Gasteiger partial charge >= 0.3 is 12.1 Å². The molecule has 4 aliphatic rings. The van der Waals surface area contributed by atoms with Crippen molar-refractivity contribution in [2.45, 2.75) is 18.0 Å². The molecular formula is C29H20ClF3N2O5. The first-order chi connectivity index (χ1) is 19.1. The minimum atomic E-state index is -4.65. The van der Waals surface area contributed by atoms with Gasteiger partial charge in [-0.3, -0.25) is 24.1 Å². The molecule has 40 heavy (non-hydrogen) atoms. The van der Waals surface area contributed by atoms with E-state index < -0.39 is 60.4 Å². The van der Waals surface area contributed by atoms with Crippen LogP contribution in [0.5, 0.6) is 0 Å². The Bertz CT molecular complexity index is 1470. The molecule has 1 N–H and O–H groups in total. The van der Waals surface area contributed by atoms with Crippen molar-refractivity contribution in [1.29, 1.82) is 0 Å². The molecule has 1 fully saturated rings. The largest absolute Gasteiger partial charge is 0.454 e. The Labute approximate surface area is 230 Å². The number of carbonyl (C=O) groups excluding carboxylic acids is 4. The number of halogens is 4. The van der Waals surface area contributed by atoms with Gasteiger partial charge in [-0.25, -0.2) is 0 Å². The molecule has 1 aliphatic heterocycles. The average molecular weight is 569 g/mol. The van der Waals surface area contributed by atoms with E-state index in [4.69, 9.17) is 16.3 Å². The van der Waals surface area contributed by atoms with Crippen LogP contribution in [0.4, 0.5) is 18.9 Å². The topological polar surface area (TPSA) is 92.8 Å². The minimum Gasteiger partial charge on any atom is -0.454 e. The second kappa shape index (κ2) is 9.48. The van der Waals surface area contributed by atoms with Gasteiger partial charge in [0.2, 0.25) is 11.8 Å². The number of anilines is 1. The summed E-state index contributed by atoms with van der Waals surface area (Å²) in [6.07, 6.45) is -4.65. The molecule has 3 aromatic rings. The van der Waals surface area contributed by atoms with Crippen LogP contribution in [0.3, 0.4) is 0 Å². The second-order valence-electron chi connectivity index (χ2n) is 9.93. The second-order valence-corrected chi connectivity index (χ2v) is 10.3. The summed E-state index contributed by atoms with van der Waals surface area (Å²) >= 11 is 5.88. The molecule has 3 aromatic carbocycles. The van der Waals surface area contributed by atoms with Crippen LogP contribution >= 0.6 is 11.6 Å². The number of imide groups is 1. The van der Waals surface area contributed by atoms with Gasteiger partial charge in [-0.15, -0.1) is 0 Å². The maximum atomic E-state index is 13.5. The Morgan fingerprint density at radius 3 is 1.82 bits per heavy atom. The fourth-order valence-corrected chi connectivity index (χ4v) is 6.36. The van der Waals surface area contributed by atoms with Crippen molar-refractivity contribution in [1.82, 2.24) is 4.90 Å². The fraction of sp³-hybridized carbons (Fsp3) is 0.241. The highest BCUT2D eigenvalue weighted by Gasteiger charge is 2.61. The third-order valence-electron chi connectivity index (χ3n) is 7.76. The molecule has 7 rings (SSSR count). The van der Waals surface area contributed by atoms with E-state index >= 15 is 0 Å².